The van der Waals surface area contributed by atoms with Crippen LogP contribution in [0.1, 0.15) is 24.2 Å². The van der Waals surface area contributed by atoms with E-state index in [1.54, 1.807) is 0 Å². The Morgan fingerprint density at radius 2 is 1.75 bits per heavy atom. The van der Waals surface area contributed by atoms with E-state index in [9.17, 15) is 18.0 Å². The highest BCUT2D eigenvalue weighted by atomic mass is 35.5. The van der Waals surface area contributed by atoms with E-state index in [-0.39, 0.29) is 21.3 Å². The number of halogens is 5. The summed E-state index contributed by atoms with van der Waals surface area (Å²) in [5.74, 6) is -0.805. The summed E-state index contributed by atoms with van der Waals surface area (Å²) in [5, 5.41) is 0.0492. The second-order valence-corrected chi connectivity index (χ2v) is 5.31. The van der Waals surface area contributed by atoms with E-state index in [4.69, 9.17) is 28.9 Å². The number of benzene rings is 1. The fourth-order valence-corrected chi connectivity index (χ4v) is 2.04. The van der Waals surface area contributed by atoms with Crippen LogP contribution in [0.15, 0.2) is 12.1 Å². The molecule has 0 fully saturated rings. The summed E-state index contributed by atoms with van der Waals surface area (Å²) in [7, 11) is 0. The van der Waals surface area contributed by atoms with Gasteiger partial charge in [-0.1, -0.05) is 23.2 Å². The van der Waals surface area contributed by atoms with Crippen molar-refractivity contribution in [2.75, 3.05) is 12.3 Å². The summed E-state index contributed by atoms with van der Waals surface area (Å²) in [6, 6.07) is 1.78. The highest BCUT2D eigenvalue weighted by Crippen LogP contribution is 2.30. The Bertz CT molecular complexity index is 495. The van der Waals surface area contributed by atoms with E-state index < -0.39 is 24.7 Å². The zero-order valence-electron chi connectivity index (χ0n) is 10.8. The van der Waals surface area contributed by atoms with Gasteiger partial charge in [-0.3, -0.25) is 4.79 Å². The van der Waals surface area contributed by atoms with Crippen LogP contribution in [0.25, 0.3) is 0 Å². The van der Waals surface area contributed by atoms with Gasteiger partial charge in [0.05, 0.1) is 15.7 Å². The maximum atomic E-state index is 12.5. The number of hydrogen-bond acceptors (Lipinski definition) is 2. The molecule has 0 aliphatic heterocycles. The second-order valence-electron chi connectivity index (χ2n) is 4.50. The van der Waals surface area contributed by atoms with Gasteiger partial charge in [-0.15, -0.1) is 0 Å². The largest absolute Gasteiger partial charge is 0.406 e. The lowest BCUT2D eigenvalue weighted by atomic mass is 10.1. The minimum atomic E-state index is -4.48. The number of rotatable bonds is 3. The Kier molecular flexibility index (Phi) is 5.15. The van der Waals surface area contributed by atoms with E-state index in [2.05, 4.69) is 0 Å². The molecule has 1 amide bonds. The van der Waals surface area contributed by atoms with Gasteiger partial charge in [0.25, 0.3) is 5.91 Å². The molecule has 0 spiro atoms. The molecule has 112 valence electrons. The van der Waals surface area contributed by atoms with Crippen LogP contribution < -0.4 is 5.73 Å². The molecule has 3 nitrogen and oxygen atoms in total. The van der Waals surface area contributed by atoms with E-state index in [1.807, 2.05) is 0 Å². The van der Waals surface area contributed by atoms with Crippen LogP contribution in [0.4, 0.5) is 18.9 Å². The van der Waals surface area contributed by atoms with Gasteiger partial charge in [-0.05, 0) is 26.0 Å². The van der Waals surface area contributed by atoms with Crippen molar-refractivity contribution in [3.8, 4) is 0 Å². The molecule has 1 aromatic carbocycles. The molecule has 0 radical (unpaired) electrons. The first-order chi connectivity index (χ1) is 9.03. The van der Waals surface area contributed by atoms with E-state index in [1.165, 1.54) is 26.0 Å². The molecule has 1 aromatic rings. The lowest BCUT2D eigenvalue weighted by molar-refractivity contribution is -0.143. The van der Waals surface area contributed by atoms with Crippen molar-refractivity contribution >= 4 is 34.8 Å². The Morgan fingerprint density at radius 1 is 1.30 bits per heavy atom. The molecule has 0 atom stereocenters. The van der Waals surface area contributed by atoms with Gasteiger partial charge >= 0.3 is 6.18 Å². The molecular formula is C12H13Cl2F3N2O. The first-order valence-corrected chi connectivity index (χ1v) is 6.40. The van der Waals surface area contributed by atoms with Gasteiger partial charge < -0.3 is 10.6 Å². The number of carbonyl (C=O) groups excluding carboxylic acids is 1. The van der Waals surface area contributed by atoms with Crippen LogP contribution in [-0.4, -0.2) is 29.6 Å². The summed E-state index contributed by atoms with van der Waals surface area (Å²) < 4.78 is 37.5. The minimum absolute atomic E-state index is 0.0246. The average molecular weight is 329 g/mol. The Hall–Kier alpha value is -1.14. The lowest BCUT2D eigenvalue weighted by Crippen LogP contribution is -2.43. The first kappa shape index (κ1) is 16.9. The van der Waals surface area contributed by atoms with Gasteiger partial charge in [0.2, 0.25) is 0 Å². The van der Waals surface area contributed by atoms with E-state index >= 15 is 0 Å². The summed E-state index contributed by atoms with van der Waals surface area (Å²) in [4.78, 5) is 12.8. The molecule has 20 heavy (non-hydrogen) atoms. The highest BCUT2D eigenvalue weighted by Gasteiger charge is 2.34. The molecule has 0 heterocycles. The third-order valence-corrected chi connectivity index (χ3v) is 3.19. The maximum Gasteiger partial charge on any atom is 0.406 e. The molecule has 8 heteroatoms. The van der Waals surface area contributed by atoms with Crippen molar-refractivity contribution in [3.05, 3.63) is 27.7 Å². The molecule has 0 bridgehead atoms. The van der Waals surface area contributed by atoms with E-state index in [0.29, 0.717) is 4.90 Å². The molecule has 0 saturated carbocycles. The first-order valence-electron chi connectivity index (χ1n) is 5.65. The summed E-state index contributed by atoms with van der Waals surface area (Å²) in [6.07, 6.45) is -4.48. The van der Waals surface area contributed by atoms with Crippen LogP contribution in [0, 0.1) is 0 Å². The van der Waals surface area contributed by atoms with Gasteiger partial charge in [0.1, 0.15) is 6.54 Å². The van der Waals surface area contributed by atoms with Crippen molar-refractivity contribution in [3.63, 3.8) is 0 Å². The molecule has 2 N–H and O–H groups in total. The number of hydrogen-bond donors (Lipinski definition) is 1. The number of carbonyl (C=O) groups is 1. The van der Waals surface area contributed by atoms with Crippen LogP contribution in [0.3, 0.4) is 0 Å². The van der Waals surface area contributed by atoms with Crippen LogP contribution in [0.5, 0.6) is 0 Å². The van der Waals surface area contributed by atoms with Gasteiger partial charge in [-0.2, -0.15) is 13.2 Å². The van der Waals surface area contributed by atoms with Gasteiger partial charge in [-0.25, -0.2) is 0 Å². The maximum absolute atomic E-state index is 12.5. The molecule has 0 unspecified atom stereocenters. The van der Waals surface area contributed by atoms with Gasteiger partial charge in [0.15, 0.2) is 0 Å². The number of amides is 1. The van der Waals surface area contributed by atoms with E-state index in [0.717, 1.165) is 0 Å². The predicted molar refractivity (Wildman–Crippen MR) is 73.1 cm³/mol. The summed E-state index contributed by atoms with van der Waals surface area (Å²) in [5.41, 5.74) is 5.57. The number of anilines is 1. The summed E-state index contributed by atoms with van der Waals surface area (Å²) >= 11 is 11.6. The van der Waals surface area contributed by atoms with Gasteiger partial charge in [0, 0.05) is 11.6 Å². The molecule has 0 aliphatic rings. The summed E-state index contributed by atoms with van der Waals surface area (Å²) in [6.45, 7) is 1.64. The van der Waals surface area contributed by atoms with Crippen molar-refractivity contribution in [2.45, 2.75) is 26.1 Å². The Balaban J connectivity index is 3.13. The zero-order chi connectivity index (χ0) is 15.7. The fourth-order valence-electron chi connectivity index (χ4n) is 1.56. The highest BCUT2D eigenvalue weighted by molar-refractivity contribution is 6.39. The Morgan fingerprint density at radius 3 is 2.10 bits per heavy atom. The minimum Gasteiger partial charge on any atom is -0.396 e. The monoisotopic (exact) mass is 328 g/mol. The van der Waals surface area contributed by atoms with Crippen LogP contribution in [0.2, 0.25) is 10.0 Å². The molecule has 1 rings (SSSR count). The van der Waals surface area contributed by atoms with Crippen molar-refractivity contribution in [1.29, 1.82) is 0 Å². The number of nitrogens with two attached hydrogens (primary N) is 1. The molecular weight excluding hydrogens is 316 g/mol. The molecule has 0 aliphatic carbocycles. The second kappa shape index (κ2) is 6.10. The average Bonchev–Trinajstić information content (AvgIpc) is 2.30. The predicted octanol–water partition coefficient (Wildman–Crippen LogP) is 3.99. The van der Waals surface area contributed by atoms with Crippen molar-refractivity contribution < 1.29 is 18.0 Å². The number of nitrogens with zero attached hydrogens (tertiary/aromatic N) is 1. The van der Waals surface area contributed by atoms with Crippen LogP contribution in [-0.2, 0) is 0 Å². The standard InChI is InChI=1S/C12H13Cl2F3N2O/c1-6(2)19(5-12(15,16)17)11(20)7-3-8(13)10(18)9(14)4-7/h3-4,6H,5,18H2,1-2H3. The quantitative estimate of drug-likeness (QED) is 0.853. The third kappa shape index (κ3) is 4.18. The van der Waals surface area contributed by atoms with Crippen molar-refractivity contribution in [2.24, 2.45) is 0 Å². The molecule has 0 aromatic heterocycles. The Labute approximate surface area is 124 Å². The molecule has 0 saturated heterocycles. The third-order valence-electron chi connectivity index (χ3n) is 2.56. The van der Waals surface area contributed by atoms with Crippen LogP contribution >= 0.6 is 23.2 Å². The number of nitrogen functional groups attached to an aromatic ring is 1. The smallest absolute Gasteiger partial charge is 0.396 e. The topological polar surface area (TPSA) is 46.3 Å². The zero-order valence-corrected chi connectivity index (χ0v) is 12.3. The lowest BCUT2D eigenvalue weighted by Gasteiger charge is -2.28. The number of alkyl halides is 3. The fraction of sp³-hybridized carbons (Fsp3) is 0.417. The van der Waals surface area contributed by atoms with Crippen molar-refractivity contribution in [1.82, 2.24) is 4.90 Å². The SMILES string of the molecule is CC(C)N(CC(F)(F)F)C(=O)c1cc(Cl)c(N)c(Cl)c1. The normalized spacial score (nSPS) is 11.8.